The number of nitriles is 1. The van der Waals surface area contributed by atoms with Crippen LogP contribution in [0.5, 0.6) is 0 Å². The Hall–Kier alpha value is -2.63. The number of nitrogens with zero attached hydrogens (tertiary/aromatic N) is 3. The fraction of sp³-hybridized carbons (Fsp3) is 0.722. The first-order chi connectivity index (χ1) is 12.7. The quantitative estimate of drug-likeness (QED) is 0.539. The number of carbonyl (C=O) groups excluding carboxylic acids is 4. The van der Waals surface area contributed by atoms with Crippen LogP contribution >= 0.6 is 0 Å². The Morgan fingerprint density at radius 1 is 1.44 bits per heavy atom. The Morgan fingerprint density at radius 2 is 2.15 bits per heavy atom. The molecule has 3 atom stereocenters. The molecule has 1 N–H and O–H groups in total. The van der Waals surface area contributed by atoms with Crippen LogP contribution in [0.4, 0.5) is 4.79 Å². The van der Waals surface area contributed by atoms with Crippen molar-refractivity contribution in [3.63, 3.8) is 0 Å². The van der Waals surface area contributed by atoms with E-state index in [9.17, 15) is 19.2 Å². The van der Waals surface area contributed by atoms with Crippen molar-refractivity contribution >= 4 is 23.8 Å². The van der Waals surface area contributed by atoms with E-state index in [1.165, 1.54) is 18.9 Å². The average Bonchev–Trinajstić information content (AvgIpc) is 2.86. The normalized spacial score (nSPS) is 25.7. The van der Waals surface area contributed by atoms with E-state index in [0.717, 1.165) is 24.2 Å². The zero-order chi connectivity index (χ0) is 20.2. The van der Waals surface area contributed by atoms with Gasteiger partial charge < -0.3 is 15.0 Å². The second-order valence-corrected chi connectivity index (χ2v) is 7.24. The maximum absolute atomic E-state index is 12.8. The Balaban J connectivity index is 1.95. The highest BCUT2D eigenvalue weighted by atomic mass is 16.5. The van der Waals surface area contributed by atoms with Crippen molar-refractivity contribution in [3.8, 4) is 6.07 Å². The second kappa shape index (κ2) is 8.37. The third-order valence-electron chi connectivity index (χ3n) is 5.38. The highest BCUT2D eigenvalue weighted by Gasteiger charge is 2.55. The fourth-order valence-electron chi connectivity index (χ4n) is 3.69. The van der Waals surface area contributed by atoms with Gasteiger partial charge in [0.05, 0.1) is 12.5 Å². The first-order valence-electron chi connectivity index (χ1n) is 9.18. The zero-order valence-electron chi connectivity index (χ0n) is 16.0. The Kier molecular flexibility index (Phi) is 6.41. The molecule has 1 spiro atoms. The Morgan fingerprint density at radius 3 is 2.78 bits per heavy atom. The van der Waals surface area contributed by atoms with E-state index in [1.54, 1.807) is 0 Å². The molecule has 1 saturated carbocycles. The first kappa shape index (κ1) is 20.7. The van der Waals surface area contributed by atoms with Crippen molar-refractivity contribution in [2.24, 2.45) is 5.92 Å². The number of esters is 1. The van der Waals surface area contributed by atoms with E-state index in [2.05, 4.69) is 5.32 Å². The van der Waals surface area contributed by atoms with Gasteiger partial charge in [-0.3, -0.25) is 19.3 Å². The molecular weight excluding hydrogens is 352 g/mol. The largest absolute Gasteiger partial charge is 0.451 e. The Labute approximate surface area is 158 Å². The summed E-state index contributed by atoms with van der Waals surface area (Å²) in [7, 11) is 1.51. The monoisotopic (exact) mass is 378 g/mol. The summed E-state index contributed by atoms with van der Waals surface area (Å²) in [5, 5.41) is 11.3. The molecule has 9 heteroatoms. The van der Waals surface area contributed by atoms with Gasteiger partial charge in [0.1, 0.15) is 12.1 Å². The predicted octanol–water partition coefficient (Wildman–Crippen LogP) is 0.791. The van der Waals surface area contributed by atoms with E-state index in [1.807, 2.05) is 13.0 Å². The van der Waals surface area contributed by atoms with Crippen LogP contribution in [-0.4, -0.2) is 65.4 Å². The number of hydrogen-bond acceptors (Lipinski definition) is 6. The second-order valence-electron chi connectivity index (χ2n) is 7.24. The van der Waals surface area contributed by atoms with E-state index >= 15 is 0 Å². The molecule has 2 aliphatic rings. The van der Waals surface area contributed by atoms with Gasteiger partial charge in [-0.1, -0.05) is 19.8 Å². The molecule has 0 bridgehead atoms. The van der Waals surface area contributed by atoms with E-state index in [0.29, 0.717) is 6.42 Å². The molecule has 9 nitrogen and oxygen atoms in total. The summed E-state index contributed by atoms with van der Waals surface area (Å²) >= 11 is 0. The molecule has 2 fully saturated rings. The van der Waals surface area contributed by atoms with Crippen molar-refractivity contribution in [1.82, 2.24) is 15.1 Å². The van der Waals surface area contributed by atoms with Gasteiger partial charge in [-0.15, -0.1) is 0 Å². The van der Waals surface area contributed by atoms with Crippen molar-refractivity contribution in [1.29, 1.82) is 5.26 Å². The average molecular weight is 378 g/mol. The van der Waals surface area contributed by atoms with Crippen molar-refractivity contribution in [2.75, 3.05) is 20.1 Å². The molecule has 0 aromatic rings. The minimum absolute atomic E-state index is 0.00185. The number of imide groups is 1. The van der Waals surface area contributed by atoms with Gasteiger partial charge in [-0.05, 0) is 25.7 Å². The summed E-state index contributed by atoms with van der Waals surface area (Å²) in [5.41, 5.74) is -0.936. The van der Waals surface area contributed by atoms with Gasteiger partial charge in [-0.25, -0.2) is 4.79 Å². The van der Waals surface area contributed by atoms with Gasteiger partial charge in [0.2, 0.25) is 0 Å². The van der Waals surface area contributed by atoms with E-state index < -0.39 is 42.0 Å². The summed E-state index contributed by atoms with van der Waals surface area (Å²) in [6, 6.07) is 1.33. The molecule has 1 aliphatic heterocycles. The number of carbonyl (C=O) groups is 4. The third-order valence-corrected chi connectivity index (χ3v) is 5.38. The molecule has 0 radical (unpaired) electrons. The van der Waals surface area contributed by atoms with E-state index in [-0.39, 0.29) is 18.9 Å². The van der Waals surface area contributed by atoms with Crippen LogP contribution in [0, 0.1) is 17.2 Å². The third kappa shape index (κ3) is 4.21. The molecule has 2 rings (SSSR count). The number of rotatable bonds is 6. The number of ether oxygens (including phenoxy) is 1. The Bertz CT molecular complexity index is 673. The number of nitrogens with one attached hydrogen (secondary N) is 1. The van der Waals surface area contributed by atoms with Crippen LogP contribution in [0.25, 0.3) is 0 Å². The molecule has 0 unspecified atom stereocenters. The lowest BCUT2D eigenvalue weighted by molar-refractivity contribution is -0.160. The smallest absolute Gasteiger partial charge is 0.327 e. The van der Waals surface area contributed by atoms with Gasteiger partial charge in [0.25, 0.3) is 11.8 Å². The lowest BCUT2D eigenvalue weighted by atomic mass is 9.73. The minimum atomic E-state index is -1.07. The predicted molar refractivity (Wildman–Crippen MR) is 94.0 cm³/mol. The zero-order valence-corrected chi connectivity index (χ0v) is 16.0. The van der Waals surface area contributed by atoms with Crippen molar-refractivity contribution in [2.45, 2.75) is 57.6 Å². The van der Waals surface area contributed by atoms with Crippen LogP contribution < -0.4 is 5.32 Å². The van der Waals surface area contributed by atoms with Crippen LogP contribution in [-0.2, 0) is 19.1 Å². The number of hydrogen-bond donors (Lipinski definition) is 1. The molecule has 0 aromatic carbocycles. The van der Waals surface area contributed by atoms with Crippen molar-refractivity contribution in [3.05, 3.63) is 0 Å². The van der Waals surface area contributed by atoms with Crippen molar-refractivity contribution < 1.29 is 23.9 Å². The summed E-state index contributed by atoms with van der Waals surface area (Å²) in [6.45, 7) is 3.04. The number of urea groups is 1. The minimum Gasteiger partial charge on any atom is -0.451 e. The van der Waals surface area contributed by atoms with Crippen LogP contribution in [0.2, 0.25) is 0 Å². The van der Waals surface area contributed by atoms with Crippen LogP contribution in [0.15, 0.2) is 0 Å². The molecule has 1 saturated heterocycles. The molecule has 0 aromatic heterocycles. The SMILES string of the molecule is C[C@H](OC(=O)CN1C(=O)N[C@]2(CCCC[C@@H]2C)C1=O)C(=O)N(C)CCC#N. The summed E-state index contributed by atoms with van der Waals surface area (Å²) < 4.78 is 5.09. The summed E-state index contributed by atoms with van der Waals surface area (Å²) in [6.07, 6.45) is 2.35. The summed E-state index contributed by atoms with van der Waals surface area (Å²) in [4.78, 5) is 51.5. The molecule has 1 aliphatic carbocycles. The lowest BCUT2D eigenvalue weighted by Gasteiger charge is -2.36. The lowest BCUT2D eigenvalue weighted by Crippen LogP contribution is -2.54. The van der Waals surface area contributed by atoms with E-state index in [4.69, 9.17) is 10.00 Å². The molecule has 4 amide bonds. The molecule has 1 heterocycles. The van der Waals surface area contributed by atoms with Crippen LogP contribution in [0.3, 0.4) is 0 Å². The molecule has 148 valence electrons. The maximum Gasteiger partial charge on any atom is 0.327 e. The number of likely N-dealkylation sites (N-methyl/N-ethyl adjacent to an activating group) is 1. The van der Waals surface area contributed by atoms with Gasteiger partial charge >= 0.3 is 12.0 Å². The number of amides is 4. The van der Waals surface area contributed by atoms with Crippen LogP contribution in [0.1, 0.15) is 46.0 Å². The standard InChI is InChI=1S/C18H26N4O5/c1-12-7-4-5-8-18(12)16(25)22(17(26)20-18)11-14(23)27-13(2)15(24)21(3)10-6-9-19/h12-13H,4-8,10-11H2,1-3H3,(H,20,26)/t12-,13-,18-/m0/s1. The molecule has 27 heavy (non-hydrogen) atoms. The van der Waals surface area contributed by atoms with Gasteiger partial charge in [-0.2, -0.15) is 5.26 Å². The summed E-state index contributed by atoms with van der Waals surface area (Å²) in [5.74, 6) is -1.68. The highest BCUT2D eigenvalue weighted by molar-refractivity contribution is 6.09. The molecular formula is C18H26N4O5. The van der Waals surface area contributed by atoms with Gasteiger partial charge in [0.15, 0.2) is 6.10 Å². The highest BCUT2D eigenvalue weighted by Crippen LogP contribution is 2.38. The topological polar surface area (TPSA) is 120 Å². The van der Waals surface area contributed by atoms with Gasteiger partial charge in [0, 0.05) is 13.6 Å². The first-order valence-corrected chi connectivity index (χ1v) is 9.18. The fourth-order valence-corrected chi connectivity index (χ4v) is 3.69. The maximum atomic E-state index is 12.8.